The number of fused-ring (bicyclic) bond motifs is 1. The van der Waals surface area contributed by atoms with Gasteiger partial charge in [0, 0.05) is 22.6 Å². The van der Waals surface area contributed by atoms with Gasteiger partial charge in [0.2, 0.25) is 0 Å². The normalized spacial score (nSPS) is 18.0. The first kappa shape index (κ1) is 20.1. The lowest BCUT2D eigenvalue weighted by molar-refractivity contribution is -0.135. The van der Waals surface area contributed by atoms with E-state index in [0.717, 1.165) is 0 Å². The zero-order valence-electron chi connectivity index (χ0n) is 15.6. The molecular formula is C21H20BrNO5. The quantitative estimate of drug-likeness (QED) is 0.521. The fourth-order valence-corrected chi connectivity index (χ4v) is 3.72. The van der Waals surface area contributed by atoms with Crippen LogP contribution in [-0.4, -0.2) is 37.6 Å². The Kier molecular flexibility index (Phi) is 5.58. The summed E-state index contributed by atoms with van der Waals surface area (Å²) in [5.41, 5.74) is -0.757. The van der Waals surface area contributed by atoms with Crippen LogP contribution in [0.25, 0.3) is 0 Å². The summed E-state index contributed by atoms with van der Waals surface area (Å²) in [5.74, 6) is -0.116. The van der Waals surface area contributed by atoms with Crippen LogP contribution in [0.3, 0.4) is 0 Å². The summed E-state index contributed by atoms with van der Waals surface area (Å²) in [7, 11) is 2.96. The molecule has 2 aromatic carbocycles. The second kappa shape index (κ2) is 7.77. The van der Waals surface area contributed by atoms with Crippen molar-refractivity contribution in [1.82, 2.24) is 0 Å². The number of carbonyl (C=O) groups is 2. The number of carbonyl (C=O) groups excluding carboxylic acids is 2. The zero-order valence-corrected chi connectivity index (χ0v) is 17.2. The molecule has 0 unspecified atom stereocenters. The summed E-state index contributed by atoms with van der Waals surface area (Å²) < 4.78 is 11.1. The molecule has 2 aromatic rings. The number of benzene rings is 2. The fraction of sp³-hybridized carbons (Fsp3) is 0.238. The van der Waals surface area contributed by atoms with E-state index in [-0.39, 0.29) is 12.1 Å². The molecule has 1 amide bonds. The van der Waals surface area contributed by atoms with Crippen molar-refractivity contribution in [3.8, 4) is 11.5 Å². The maximum Gasteiger partial charge on any atom is 0.264 e. The van der Waals surface area contributed by atoms with Gasteiger partial charge in [0.25, 0.3) is 5.91 Å². The van der Waals surface area contributed by atoms with Crippen molar-refractivity contribution < 1.29 is 24.2 Å². The molecule has 1 aliphatic heterocycles. The van der Waals surface area contributed by atoms with Crippen LogP contribution in [0.15, 0.2) is 53.5 Å². The second-order valence-corrected chi connectivity index (χ2v) is 7.31. The van der Waals surface area contributed by atoms with Crippen LogP contribution < -0.4 is 14.4 Å². The summed E-state index contributed by atoms with van der Waals surface area (Å²) in [6, 6.07) is 9.95. The molecule has 146 valence electrons. The molecule has 6 nitrogen and oxygen atoms in total. The molecule has 1 heterocycles. The van der Waals surface area contributed by atoms with Crippen LogP contribution in [0.5, 0.6) is 11.5 Å². The monoisotopic (exact) mass is 445 g/mol. The first-order chi connectivity index (χ1) is 13.3. The Balaban J connectivity index is 2.02. The highest BCUT2D eigenvalue weighted by Crippen LogP contribution is 2.44. The molecule has 1 aliphatic rings. The Morgan fingerprint density at radius 1 is 1.25 bits per heavy atom. The smallest absolute Gasteiger partial charge is 0.264 e. The van der Waals surface area contributed by atoms with Gasteiger partial charge in [-0.2, -0.15) is 0 Å². The number of aliphatic hydroxyl groups is 1. The SMILES string of the molecule is C=CCN1C(=O)[C@](O)(CC(=O)c2ccc(OC)cc2OC)c2cc(Br)ccc21. The van der Waals surface area contributed by atoms with Crippen molar-refractivity contribution in [3.63, 3.8) is 0 Å². The van der Waals surface area contributed by atoms with Gasteiger partial charge in [-0.05, 0) is 30.3 Å². The molecule has 3 rings (SSSR count). The molecule has 0 aliphatic carbocycles. The summed E-state index contributed by atoms with van der Waals surface area (Å²) in [4.78, 5) is 27.4. The largest absolute Gasteiger partial charge is 0.497 e. The van der Waals surface area contributed by atoms with E-state index in [1.807, 2.05) is 0 Å². The predicted molar refractivity (Wildman–Crippen MR) is 109 cm³/mol. The molecule has 1 N–H and O–H groups in total. The van der Waals surface area contributed by atoms with Crippen LogP contribution >= 0.6 is 15.9 Å². The number of Topliss-reactive ketones (excluding diaryl/α,β-unsaturated/α-hetero) is 1. The number of hydrogen-bond donors (Lipinski definition) is 1. The van der Waals surface area contributed by atoms with Gasteiger partial charge in [-0.3, -0.25) is 9.59 Å². The molecule has 0 saturated heterocycles. The van der Waals surface area contributed by atoms with Crippen molar-refractivity contribution in [2.75, 3.05) is 25.7 Å². The van der Waals surface area contributed by atoms with Crippen molar-refractivity contribution in [2.45, 2.75) is 12.0 Å². The fourth-order valence-electron chi connectivity index (χ4n) is 3.36. The highest BCUT2D eigenvalue weighted by Gasteiger charge is 2.50. The Hall–Kier alpha value is -2.64. The van der Waals surface area contributed by atoms with E-state index >= 15 is 0 Å². The third-order valence-electron chi connectivity index (χ3n) is 4.73. The van der Waals surface area contributed by atoms with Crippen LogP contribution in [-0.2, 0) is 10.4 Å². The number of hydrogen-bond acceptors (Lipinski definition) is 5. The summed E-state index contributed by atoms with van der Waals surface area (Å²) in [6.45, 7) is 3.90. The minimum atomic E-state index is -1.97. The van der Waals surface area contributed by atoms with Gasteiger partial charge in [0.15, 0.2) is 11.4 Å². The van der Waals surface area contributed by atoms with Crippen LogP contribution in [0.1, 0.15) is 22.3 Å². The summed E-state index contributed by atoms with van der Waals surface area (Å²) in [5, 5.41) is 11.3. The highest BCUT2D eigenvalue weighted by molar-refractivity contribution is 9.10. The number of amides is 1. The minimum Gasteiger partial charge on any atom is -0.497 e. The van der Waals surface area contributed by atoms with E-state index < -0.39 is 23.7 Å². The lowest BCUT2D eigenvalue weighted by Crippen LogP contribution is -2.42. The van der Waals surface area contributed by atoms with Crippen molar-refractivity contribution in [2.24, 2.45) is 0 Å². The van der Waals surface area contributed by atoms with E-state index in [9.17, 15) is 14.7 Å². The molecule has 0 spiro atoms. The average Bonchev–Trinajstić information content (AvgIpc) is 2.89. The van der Waals surface area contributed by atoms with Gasteiger partial charge < -0.3 is 19.5 Å². The molecule has 0 fully saturated rings. The Morgan fingerprint density at radius 2 is 2.00 bits per heavy atom. The number of halogens is 1. The first-order valence-electron chi connectivity index (χ1n) is 8.56. The van der Waals surface area contributed by atoms with Gasteiger partial charge in [0.1, 0.15) is 11.5 Å². The van der Waals surface area contributed by atoms with Crippen LogP contribution in [0, 0.1) is 0 Å². The van der Waals surface area contributed by atoms with Crippen LogP contribution in [0.2, 0.25) is 0 Å². The third kappa shape index (κ3) is 3.31. The molecule has 0 bridgehead atoms. The average molecular weight is 446 g/mol. The molecule has 0 saturated carbocycles. The van der Waals surface area contributed by atoms with E-state index in [2.05, 4.69) is 22.5 Å². The molecule has 0 aromatic heterocycles. The Morgan fingerprint density at radius 3 is 2.64 bits per heavy atom. The van der Waals surface area contributed by atoms with Crippen molar-refractivity contribution in [3.05, 3.63) is 64.7 Å². The standard InChI is InChI=1S/C21H20BrNO5/c1-4-9-23-17-8-5-13(22)10-16(17)21(26,20(23)25)12-18(24)15-7-6-14(27-2)11-19(15)28-3/h4-8,10-11,26H,1,9,12H2,2-3H3/t21-/m0/s1. The van der Waals surface area contributed by atoms with Crippen LogP contribution in [0.4, 0.5) is 5.69 Å². The van der Waals surface area contributed by atoms with Crippen molar-refractivity contribution in [1.29, 1.82) is 0 Å². The van der Waals surface area contributed by atoms with Gasteiger partial charge >= 0.3 is 0 Å². The first-order valence-corrected chi connectivity index (χ1v) is 9.35. The van der Waals surface area contributed by atoms with E-state index in [1.165, 1.54) is 19.1 Å². The number of methoxy groups -OCH3 is 2. The molecule has 28 heavy (non-hydrogen) atoms. The maximum atomic E-state index is 13.0. The van der Waals surface area contributed by atoms with Gasteiger partial charge in [-0.15, -0.1) is 6.58 Å². The number of anilines is 1. The lowest BCUT2D eigenvalue weighted by Gasteiger charge is -2.22. The number of nitrogens with zero attached hydrogens (tertiary/aromatic N) is 1. The zero-order chi connectivity index (χ0) is 20.5. The van der Waals surface area contributed by atoms with Gasteiger partial charge in [-0.1, -0.05) is 22.0 Å². The topological polar surface area (TPSA) is 76.1 Å². The molecule has 1 atom stereocenters. The number of ketones is 1. The lowest BCUT2D eigenvalue weighted by atomic mass is 9.88. The Labute approximate surface area is 171 Å². The van der Waals surface area contributed by atoms with E-state index in [4.69, 9.17) is 9.47 Å². The Bertz CT molecular complexity index is 958. The summed E-state index contributed by atoms with van der Waals surface area (Å²) >= 11 is 3.37. The highest BCUT2D eigenvalue weighted by atomic mass is 79.9. The molecular weight excluding hydrogens is 426 g/mol. The second-order valence-electron chi connectivity index (χ2n) is 6.39. The van der Waals surface area contributed by atoms with Crippen molar-refractivity contribution >= 4 is 33.3 Å². The predicted octanol–water partition coefficient (Wildman–Crippen LogP) is 3.46. The number of rotatable bonds is 7. The third-order valence-corrected chi connectivity index (χ3v) is 5.22. The maximum absolute atomic E-state index is 13.0. The van der Waals surface area contributed by atoms with E-state index in [0.29, 0.717) is 27.2 Å². The molecule has 7 heteroatoms. The van der Waals surface area contributed by atoms with Gasteiger partial charge in [-0.25, -0.2) is 0 Å². The van der Waals surface area contributed by atoms with Gasteiger partial charge in [0.05, 0.1) is 31.9 Å². The minimum absolute atomic E-state index is 0.232. The van der Waals surface area contributed by atoms with E-state index in [1.54, 1.807) is 42.5 Å². The summed E-state index contributed by atoms with van der Waals surface area (Å²) in [6.07, 6.45) is 1.16. The number of ether oxygens (including phenoxy) is 2. The molecule has 0 radical (unpaired) electrons.